The van der Waals surface area contributed by atoms with Crippen LogP contribution < -0.4 is 4.72 Å². The maximum atomic E-state index is 12.1. The highest BCUT2D eigenvalue weighted by Gasteiger charge is 2.15. The summed E-state index contributed by atoms with van der Waals surface area (Å²) in [4.78, 5) is 0.293. The van der Waals surface area contributed by atoms with Crippen molar-refractivity contribution in [3.63, 3.8) is 0 Å². The molecule has 26 heavy (non-hydrogen) atoms. The van der Waals surface area contributed by atoms with Gasteiger partial charge in [0.15, 0.2) is 9.84 Å². The van der Waals surface area contributed by atoms with Gasteiger partial charge in [-0.3, -0.25) is 0 Å². The van der Waals surface area contributed by atoms with Crippen molar-refractivity contribution in [1.29, 1.82) is 0 Å². The Morgan fingerprint density at radius 2 is 1.35 bits per heavy atom. The largest absolute Gasteiger partial charge is 0.240 e. The van der Waals surface area contributed by atoms with Gasteiger partial charge in [-0.25, -0.2) is 21.6 Å². The third-order valence-electron chi connectivity index (χ3n) is 4.24. The van der Waals surface area contributed by atoms with Crippen molar-refractivity contribution in [3.05, 3.63) is 29.8 Å². The average molecular weight is 404 g/mol. The molecule has 0 atom stereocenters. The van der Waals surface area contributed by atoms with Crippen molar-refractivity contribution in [3.8, 4) is 0 Å². The van der Waals surface area contributed by atoms with Crippen molar-refractivity contribution >= 4 is 19.9 Å². The van der Waals surface area contributed by atoms with Crippen LogP contribution in [0.25, 0.3) is 0 Å². The molecule has 0 spiro atoms. The van der Waals surface area contributed by atoms with E-state index in [2.05, 4.69) is 4.72 Å². The summed E-state index contributed by atoms with van der Waals surface area (Å²) in [5.41, 5.74) is 1.12. The van der Waals surface area contributed by atoms with Gasteiger partial charge in [0.2, 0.25) is 10.0 Å². The number of hydrogen-bond acceptors (Lipinski definition) is 4. The molecule has 1 aromatic rings. The molecule has 0 unspecified atom stereocenters. The maximum absolute atomic E-state index is 12.1. The highest BCUT2D eigenvalue weighted by atomic mass is 32.2. The normalized spacial score (nSPS) is 12.8. The highest BCUT2D eigenvalue weighted by molar-refractivity contribution is 7.91. The summed E-state index contributed by atoms with van der Waals surface area (Å²) in [6.07, 6.45) is 5.67. The van der Waals surface area contributed by atoms with E-state index >= 15 is 0 Å². The zero-order chi connectivity index (χ0) is 19.8. The molecule has 0 fully saturated rings. The molecular formula is C19H33NO4S2. The Labute approximate surface area is 159 Å². The van der Waals surface area contributed by atoms with Crippen LogP contribution in [0.2, 0.25) is 0 Å². The van der Waals surface area contributed by atoms with E-state index in [0.29, 0.717) is 4.90 Å². The number of sulfone groups is 1. The number of nitrogens with one attached hydrogen (secondary N) is 1. The first-order chi connectivity index (χ1) is 12.0. The molecule has 0 radical (unpaired) electrons. The molecule has 7 heteroatoms. The van der Waals surface area contributed by atoms with E-state index in [1.807, 2.05) is 12.1 Å². The van der Waals surface area contributed by atoms with Gasteiger partial charge in [0.25, 0.3) is 0 Å². The standard InChI is InChI=1S/C19H33NO4S2/c1-16(2)20-26(23,24)19-13-11-18(12-14-19)10-8-6-5-7-9-15-25(21,22)17(3)4/h11-14,16-17,20H,5-10,15H2,1-4H3. The second-order valence-corrected chi connectivity index (χ2v) is 11.7. The van der Waals surface area contributed by atoms with Gasteiger partial charge in [-0.15, -0.1) is 0 Å². The molecule has 0 aromatic heterocycles. The fraction of sp³-hybridized carbons (Fsp3) is 0.684. The second kappa shape index (κ2) is 10.4. The van der Waals surface area contributed by atoms with E-state index < -0.39 is 19.9 Å². The molecule has 5 nitrogen and oxygen atoms in total. The molecule has 0 amide bonds. The van der Waals surface area contributed by atoms with Crippen molar-refractivity contribution in [2.75, 3.05) is 5.75 Å². The first-order valence-electron chi connectivity index (χ1n) is 9.37. The van der Waals surface area contributed by atoms with Gasteiger partial charge in [-0.05, 0) is 64.7 Å². The summed E-state index contributed by atoms with van der Waals surface area (Å²) in [5.74, 6) is 0.283. The van der Waals surface area contributed by atoms with E-state index in [1.165, 1.54) is 0 Å². The Balaban J connectivity index is 2.30. The third-order valence-corrected chi connectivity index (χ3v) is 8.21. The molecule has 1 rings (SSSR count). The van der Waals surface area contributed by atoms with Crippen LogP contribution in [-0.2, 0) is 26.3 Å². The van der Waals surface area contributed by atoms with E-state index in [1.54, 1.807) is 39.8 Å². The molecule has 1 aromatic carbocycles. The minimum Gasteiger partial charge on any atom is -0.229 e. The van der Waals surface area contributed by atoms with Crippen LogP contribution in [0, 0.1) is 0 Å². The lowest BCUT2D eigenvalue weighted by Crippen LogP contribution is -2.30. The van der Waals surface area contributed by atoms with Crippen LogP contribution in [-0.4, -0.2) is 33.9 Å². The van der Waals surface area contributed by atoms with E-state index in [9.17, 15) is 16.8 Å². The molecule has 0 heterocycles. The van der Waals surface area contributed by atoms with Gasteiger partial charge in [0.05, 0.1) is 15.9 Å². The smallest absolute Gasteiger partial charge is 0.229 e. The molecule has 0 aliphatic carbocycles. The quantitative estimate of drug-likeness (QED) is 0.540. The van der Waals surface area contributed by atoms with E-state index in [-0.39, 0.29) is 17.0 Å². The van der Waals surface area contributed by atoms with E-state index in [4.69, 9.17) is 0 Å². The van der Waals surface area contributed by atoms with Gasteiger partial charge in [0.1, 0.15) is 0 Å². The molecule has 0 saturated heterocycles. The maximum Gasteiger partial charge on any atom is 0.240 e. The number of rotatable bonds is 12. The summed E-state index contributed by atoms with van der Waals surface area (Å²) >= 11 is 0. The molecular weight excluding hydrogens is 370 g/mol. The van der Waals surface area contributed by atoms with Crippen LogP contribution in [0.5, 0.6) is 0 Å². The van der Waals surface area contributed by atoms with Crippen molar-refractivity contribution in [1.82, 2.24) is 4.72 Å². The van der Waals surface area contributed by atoms with Gasteiger partial charge < -0.3 is 0 Å². The highest BCUT2D eigenvalue weighted by Crippen LogP contribution is 2.14. The topological polar surface area (TPSA) is 80.3 Å². The summed E-state index contributed by atoms with van der Waals surface area (Å²) in [5, 5.41) is -0.287. The number of sulfonamides is 1. The lowest BCUT2D eigenvalue weighted by molar-refractivity contribution is 0.569. The van der Waals surface area contributed by atoms with Crippen molar-refractivity contribution < 1.29 is 16.8 Å². The summed E-state index contributed by atoms with van der Waals surface area (Å²) < 4.78 is 50.1. The molecule has 0 aliphatic heterocycles. The Hall–Kier alpha value is -0.920. The Bertz CT molecular complexity index is 736. The minimum absolute atomic E-state index is 0.129. The fourth-order valence-electron chi connectivity index (χ4n) is 2.61. The van der Waals surface area contributed by atoms with Crippen molar-refractivity contribution in [2.24, 2.45) is 0 Å². The lowest BCUT2D eigenvalue weighted by Gasteiger charge is -2.10. The lowest BCUT2D eigenvalue weighted by atomic mass is 10.1. The van der Waals surface area contributed by atoms with Crippen LogP contribution >= 0.6 is 0 Å². The second-order valence-electron chi connectivity index (χ2n) is 7.35. The van der Waals surface area contributed by atoms with Crippen LogP contribution in [0.3, 0.4) is 0 Å². The van der Waals surface area contributed by atoms with Gasteiger partial charge in [0, 0.05) is 6.04 Å². The third kappa shape index (κ3) is 8.18. The zero-order valence-corrected chi connectivity index (χ0v) is 18.0. The molecule has 1 N–H and O–H groups in total. The predicted molar refractivity (Wildman–Crippen MR) is 108 cm³/mol. The summed E-state index contributed by atoms with van der Waals surface area (Å²) in [7, 11) is -6.34. The summed E-state index contributed by atoms with van der Waals surface area (Å²) in [6, 6.07) is 6.90. The zero-order valence-electron chi connectivity index (χ0n) is 16.4. The van der Waals surface area contributed by atoms with Crippen LogP contribution in [0.15, 0.2) is 29.2 Å². The number of aryl methyl sites for hydroxylation is 1. The molecule has 0 bridgehead atoms. The monoisotopic (exact) mass is 403 g/mol. The van der Waals surface area contributed by atoms with Gasteiger partial charge >= 0.3 is 0 Å². The molecule has 0 aliphatic rings. The Morgan fingerprint density at radius 3 is 1.88 bits per heavy atom. The average Bonchev–Trinajstić information content (AvgIpc) is 2.53. The van der Waals surface area contributed by atoms with Crippen LogP contribution in [0.4, 0.5) is 0 Å². The Kier molecular flexibility index (Phi) is 9.27. The van der Waals surface area contributed by atoms with Gasteiger partial charge in [-0.1, -0.05) is 31.4 Å². The molecule has 0 saturated carbocycles. The van der Waals surface area contributed by atoms with Crippen molar-refractivity contribution in [2.45, 2.75) is 82.4 Å². The van der Waals surface area contributed by atoms with Gasteiger partial charge in [-0.2, -0.15) is 0 Å². The SMILES string of the molecule is CC(C)NS(=O)(=O)c1ccc(CCCCCCCS(=O)(=O)C(C)C)cc1. The van der Waals surface area contributed by atoms with E-state index in [0.717, 1.165) is 44.1 Å². The first-order valence-corrected chi connectivity index (χ1v) is 12.6. The number of benzene rings is 1. The first kappa shape index (κ1) is 23.1. The molecule has 150 valence electrons. The fourth-order valence-corrected chi connectivity index (χ4v) is 4.94. The van der Waals surface area contributed by atoms with Crippen LogP contribution in [0.1, 0.15) is 65.4 Å². The summed E-state index contributed by atoms with van der Waals surface area (Å²) in [6.45, 7) is 7.05. The number of unbranched alkanes of at least 4 members (excludes halogenated alkanes) is 4. The Morgan fingerprint density at radius 1 is 0.808 bits per heavy atom. The number of hydrogen-bond donors (Lipinski definition) is 1. The minimum atomic E-state index is -3.43. The predicted octanol–water partition coefficient (Wildman–Crippen LogP) is 3.69.